The predicted octanol–water partition coefficient (Wildman–Crippen LogP) is 2.34. The molecule has 1 unspecified atom stereocenters. The molecule has 0 aliphatic rings. The number of rotatable bonds is 12. The Kier molecular flexibility index (Phi) is 11.1. The topological polar surface area (TPSA) is 52.6 Å². The number of aliphatic carboxylic acids is 1. The van der Waals surface area contributed by atoms with Crippen molar-refractivity contribution >= 4 is 5.97 Å². The summed E-state index contributed by atoms with van der Waals surface area (Å²) in [7, 11) is 0. The number of carboxylic acids is 1. The average molecular weight is 258 g/mol. The van der Waals surface area contributed by atoms with E-state index in [9.17, 15) is 9.90 Å². The van der Waals surface area contributed by atoms with Crippen molar-refractivity contribution in [2.75, 3.05) is 26.2 Å². The molecule has 0 bridgehead atoms. The minimum absolute atomic E-state index is 0.432. The Hall–Kier alpha value is -0.610. The monoisotopic (exact) mass is 258 g/mol. The quantitative estimate of drug-likeness (QED) is 0.564. The maximum Gasteiger partial charge on any atom is 0.322 e. The molecule has 0 aromatic carbocycles. The zero-order chi connectivity index (χ0) is 13.8. The SMILES string of the molecule is CCCCN(CCCC)CC(NCCC)C(=O)O. The van der Waals surface area contributed by atoms with Gasteiger partial charge < -0.3 is 15.3 Å². The summed E-state index contributed by atoms with van der Waals surface area (Å²) in [5.41, 5.74) is 0. The lowest BCUT2D eigenvalue weighted by molar-refractivity contribution is -0.140. The van der Waals surface area contributed by atoms with Gasteiger partial charge in [-0.25, -0.2) is 0 Å². The highest BCUT2D eigenvalue weighted by Gasteiger charge is 2.19. The van der Waals surface area contributed by atoms with Crippen molar-refractivity contribution in [3.05, 3.63) is 0 Å². The van der Waals surface area contributed by atoms with Crippen molar-refractivity contribution < 1.29 is 9.90 Å². The molecule has 0 aliphatic carbocycles. The Balaban J connectivity index is 4.23. The first-order valence-corrected chi connectivity index (χ1v) is 7.34. The van der Waals surface area contributed by atoms with Crippen LogP contribution in [-0.4, -0.2) is 48.2 Å². The predicted molar refractivity (Wildman–Crippen MR) is 76.0 cm³/mol. The van der Waals surface area contributed by atoms with Gasteiger partial charge in [-0.05, 0) is 38.9 Å². The highest BCUT2D eigenvalue weighted by Crippen LogP contribution is 2.01. The van der Waals surface area contributed by atoms with Gasteiger partial charge in [-0.1, -0.05) is 33.6 Å². The number of unbranched alkanes of at least 4 members (excludes halogenated alkanes) is 2. The Bertz CT molecular complexity index is 202. The molecule has 0 saturated heterocycles. The molecule has 0 aromatic rings. The third kappa shape index (κ3) is 8.48. The molecule has 0 aliphatic heterocycles. The second-order valence-electron chi connectivity index (χ2n) is 4.85. The standard InChI is InChI=1S/C14H30N2O2/c1-4-7-10-16(11-8-5-2)12-13(14(17)18)15-9-6-3/h13,15H,4-12H2,1-3H3,(H,17,18). The highest BCUT2D eigenvalue weighted by atomic mass is 16.4. The largest absolute Gasteiger partial charge is 0.480 e. The fraction of sp³-hybridized carbons (Fsp3) is 0.929. The van der Waals surface area contributed by atoms with Crippen LogP contribution >= 0.6 is 0 Å². The van der Waals surface area contributed by atoms with Gasteiger partial charge in [0.25, 0.3) is 0 Å². The summed E-state index contributed by atoms with van der Waals surface area (Å²) in [5, 5.41) is 12.3. The summed E-state index contributed by atoms with van der Waals surface area (Å²) in [4.78, 5) is 13.5. The molecular formula is C14H30N2O2. The number of carbonyl (C=O) groups is 1. The Morgan fingerprint density at radius 2 is 1.67 bits per heavy atom. The van der Waals surface area contributed by atoms with E-state index in [0.717, 1.165) is 51.7 Å². The maximum absolute atomic E-state index is 11.2. The second kappa shape index (κ2) is 11.5. The third-order valence-electron chi connectivity index (χ3n) is 3.04. The van der Waals surface area contributed by atoms with E-state index in [0.29, 0.717) is 6.54 Å². The van der Waals surface area contributed by atoms with Crippen LogP contribution in [0.1, 0.15) is 52.9 Å². The van der Waals surface area contributed by atoms with E-state index in [1.54, 1.807) is 0 Å². The molecule has 4 nitrogen and oxygen atoms in total. The van der Waals surface area contributed by atoms with Crippen molar-refractivity contribution in [2.45, 2.75) is 58.9 Å². The summed E-state index contributed by atoms with van der Waals surface area (Å²) in [6, 6.07) is -0.432. The third-order valence-corrected chi connectivity index (χ3v) is 3.04. The van der Waals surface area contributed by atoms with Crippen LogP contribution in [0.5, 0.6) is 0 Å². The molecule has 0 fully saturated rings. The van der Waals surface area contributed by atoms with Gasteiger partial charge in [0.15, 0.2) is 0 Å². The molecule has 0 saturated carbocycles. The summed E-state index contributed by atoms with van der Waals surface area (Å²) < 4.78 is 0. The first-order valence-electron chi connectivity index (χ1n) is 7.34. The minimum Gasteiger partial charge on any atom is -0.480 e. The molecule has 108 valence electrons. The van der Waals surface area contributed by atoms with Crippen LogP contribution in [0.25, 0.3) is 0 Å². The van der Waals surface area contributed by atoms with Gasteiger partial charge in [0.2, 0.25) is 0 Å². The van der Waals surface area contributed by atoms with E-state index in [4.69, 9.17) is 0 Å². The first-order chi connectivity index (χ1) is 8.65. The van der Waals surface area contributed by atoms with Gasteiger partial charge in [-0.2, -0.15) is 0 Å². The maximum atomic E-state index is 11.2. The summed E-state index contributed by atoms with van der Waals surface area (Å²) in [5.74, 6) is -0.735. The molecular weight excluding hydrogens is 228 g/mol. The van der Waals surface area contributed by atoms with Crippen molar-refractivity contribution in [3.63, 3.8) is 0 Å². The summed E-state index contributed by atoms with van der Waals surface area (Å²) >= 11 is 0. The van der Waals surface area contributed by atoms with Crippen LogP contribution in [0.15, 0.2) is 0 Å². The van der Waals surface area contributed by atoms with Gasteiger partial charge in [-0.3, -0.25) is 4.79 Å². The molecule has 2 N–H and O–H groups in total. The van der Waals surface area contributed by atoms with E-state index in [1.807, 2.05) is 0 Å². The van der Waals surface area contributed by atoms with Crippen LogP contribution in [0.2, 0.25) is 0 Å². The molecule has 0 radical (unpaired) electrons. The Morgan fingerprint density at radius 1 is 1.11 bits per heavy atom. The van der Waals surface area contributed by atoms with Crippen molar-refractivity contribution in [2.24, 2.45) is 0 Å². The Labute approximate surface area is 112 Å². The van der Waals surface area contributed by atoms with Gasteiger partial charge in [0.1, 0.15) is 6.04 Å². The van der Waals surface area contributed by atoms with Crippen molar-refractivity contribution in [1.82, 2.24) is 10.2 Å². The normalized spacial score (nSPS) is 12.9. The molecule has 0 heterocycles. The number of carboxylic acid groups (broad SMARTS) is 1. The molecule has 1 atom stereocenters. The zero-order valence-corrected chi connectivity index (χ0v) is 12.2. The van der Waals surface area contributed by atoms with Gasteiger partial charge in [0, 0.05) is 6.54 Å². The van der Waals surface area contributed by atoms with E-state index in [-0.39, 0.29) is 0 Å². The van der Waals surface area contributed by atoms with Crippen LogP contribution in [0.4, 0.5) is 0 Å². The number of nitrogens with zero attached hydrogens (tertiary/aromatic N) is 1. The molecule has 4 heteroatoms. The first kappa shape index (κ1) is 17.4. The molecule has 0 spiro atoms. The zero-order valence-electron chi connectivity index (χ0n) is 12.2. The highest BCUT2D eigenvalue weighted by molar-refractivity contribution is 5.73. The summed E-state index contributed by atoms with van der Waals surface area (Å²) in [6.07, 6.45) is 5.56. The smallest absolute Gasteiger partial charge is 0.322 e. The second-order valence-corrected chi connectivity index (χ2v) is 4.85. The number of hydrogen-bond donors (Lipinski definition) is 2. The molecule has 0 aromatic heterocycles. The fourth-order valence-electron chi connectivity index (χ4n) is 1.86. The fourth-order valence-corrected chi connectivity index (χ4v) is 1.86. The number of hydrogen-bond acceptors (Lipinski definition) is 3. The van der Waals surface area contributed by atoms with Gasteiger partial charge in [-0.15, -0.1) is 0 Å². The van der Waals surface area contributed by atoms with E-state index < -0.39 is 12.0 Å². The lowest BCUT2D eigenvalue weighted by atomic mass is 10.2. The number of nitrogens with one attached hydrogen (secondary N) is 1. The van der Waals surface area contributed by atoms with E-state index in [1.165, 1.54) is 0 Å². The molecule has 0 rings (SSSR count). The minimum atomic E-state index is -0.735. The van der Waals surface area contributed by atoms with E-state index >= 15 is 0 Å². The van der Waals surface area contributed by atoms with E-state index in [2.05, 4.69) is 31.0 Å². The summed E-state index contributed by atoms with van der Waals surface area (Å²) in [6.45, 7) is 9.80. The lowest BCUT2D eigenvalue weighted by Gasteiger charge is -2.26. The van der Waals surface area contributed by atoms with Gasteiger partial charge in [0.05, 0.1) is 0 Å². The molecule has 0 amide bonds. The Morgan fingerprint density at radius 3 is 2.06 bits per heavy atom. The molecule has 18 heavy (non-hydrogen) atoms. The lowest BCUT2D eigenvalue weighted by Crippen LogP contribution is -2.47. The van der Waals surface area contributed by atoms with Crippen LogP contribution < -0.4 is 5.32 Å². The van der Waals surface area contributed by atoms with Crippen LogP contribution in [-0.2, 0) is 4.79 Å². The van der Waals surface area contributed by atoms with Crippen molar-refractivity contribution in [3.8, 4) is 0 Å². The van der Waals surface area contributed by atoms with Crippen molar-refractivity contribution in [1.29, 1.82) is 0 Å². The van der Waals surface area contributed by atoms with Gasteiger partial charge >= 0.3 is 5.97 Å². The average Bonchev–Trinajstić information content (AvgIpc) is 2.36. The van der Waals surface area contributed by atoms with Crippen LogP contribution in [0, 0.1) is 0 Å². The van der Waals surface area contributed by atoms with Crippen LogP contribution in [0.3, 0.4) is 0 Å².